The van der Waals surface area contributed by atoms with E-state index >= 15 is 0 Å². The maximum atomic E-state index is 13.2. The lowest BCUT2D eigenvalue weighted by Gasteiger charge is -2.16. The number of nitrogens with zero attached hydrogens (tertiary/aromatic N) is 4. The highest BCUT2D eigenvalue weighted by Gasteiger charge is 2.19. The van der Waals surface area contributed by atoms with Crippen molar-refractivity contribution in [2.45, 2.75) is 6.04 Å². The molecule has 0 saturated heterocycles. The summed E-state index contributed by atoms with van der Waals surface area (Å²) in [6, 6.07) is 12.9. The van der Waals surface area contributed by atoms with Gasteiger partial charge >= 0.3 is 0 Å². The van der Waals surface area contributed by atoms with Crippen molar-refractivity contribution in [3.8, 4) is 11.4 Å². The van der Waals surface area contributed by atoms with Crippen LogP contribution in [0.3, 0.4) is 0 Å². The van der Waals surface area contributed by atoms with Gasteiger partial charge in [-0.25, -0.2) is 4.39 Å². The molecule has 29 heavy (non-hydrogen) atoms. The van der Waals surface area contributed by atoms with E-state index in [1.807, 2.05) is 0 Å². The van der Waals surface area contributed by atoms with E-state index in [0.29, 0.717) is 38.5 Å². The number of carbonyl (C=O) groups excluding carboxylic acids is 1. The fourth-order valence-corrected chi connectivity index (χ4v) is 3.38. The molecule has 3 N–H and O–H groups in total. The van der Waals surface area contributed by atoms with Gasteiger partial charge in [-0.05, 0) is 48.0 Å². The molecular formula is C19H13Cl2FN6O. The van der Waals surface area contributed by atoms with Crippen molar-refractivity contribution in [3.05, 3.63) is 76.0 Å². The molecular weight excluding hydrogens is 418 g/mol. The summed E-state index contributed by atoms with van der Waals surface area (Å²) in [6.07, 6.45) is 0. The number of hydrogen-bond acceptors (Lipinski definition) is 5. The first-order valence-corrected chi connectivity index (χ1v) is 9.16. The summed E-state index contributed by atoms with van der Waals surface area (Å²) in [5, 5.41) is 16.5. The topological polar surface area (TPSA) is 98.2 Å². The van der Waals surface area contributed by atoms with Crippen LogP contribution in [0.4, 0.5) is 10.2 Å². The second-order valence-electron chi connectivity index (χ2n) is 6.20. The lowest BCUT2D eigenvalue weighted by Crippen LogP contribution is -2.28. The molecule has 1 atom stereocenters. The van der Waals surface area contributed by atoms with Crippen LogP contribution in [0.1, 0.15) is 11.6 Å². The van der Waals surface area contributed by atoms with Crippen LogP contribution in [0.2, 0.25) is 10.0 Å². The van der Waals surface area contributed by atoms with Crippen LogP contribution < -0.4 is 11.1 Å². The Kier molecular flexibility index (Phi) is 5.04. The molecule has 2 aromatic heterocycles. The second kappa shape index (κ2) is 7.65. The van der Waals surface area contributed by atoms with Gasteiger partial charge in [-0.1, -0.05) is 35.3 Å². The summed E-state index contributed by atoms with van der Waals surface area (Å²) in [7, 11) is 0. The Labute approximate surface area is 174 Å². The first-order chi connectivity index (χ1) is 13.9. The molecule has 0 spiro atoms. The quantitative estimate of drug-likeness (QED) is 0.500. The van der Waals surface area contributed by atoms with Crippen LogP contribution in [0.15, 0.2) is 54.6 Å². The molecule has 2 aromatic carbocycles. The first kappa shape index (κ1) is 19.1. The molecule has 146 valence electrons. The average molecular weight is 431 g/mol. The van der Waals surface area contributed by atoms with Crippen molar-refractivity contribution in [2.75, 3.05) is 5.32 Å². The maximum absolute atomic E-state index is 13.2. The van der Waals surface area contributed by atoms with E-state index in [1.54, 1.807) is 30.3 Å². The summed E-state index contributed by atoms with van der Waals surface area (Å²) < 4.78 is 14.7. The zero-order chi connectivity index (χ0) is 20.5. The maximum Gasteiger partial charge on any atom is 0.244 e. The molecule has 0 saturated carbocycles. The fraction of sp³-hybridized carbons (Fsp3) is 0.0526. The Balaban J connectivity index is 1.73. The van der Waals surface area contributed by atoms with E-state index < -0.39 is 17.8 Å². The minimum Gasteiger partial charge on any atom is -0.368 e. The molecule has 0 radical (unpaired) electrons. The lowest BCUT2D eigenvalue weighted by atomic mass is 10.1. The number of nitrogens with two attached hydrogens (primary N) is 1. The van der Waals surface area contributed by atoms with Gasteiger partial charge in [0.15, 0.2) is 11.5 Å². The van der Waals surface area contributed by atoms with Crippen LogP contribution in [0.5, 0.6) is 0 Å². The zero-order valence-electron chi connectivity index (χ0n) is 14.7. The van der Waals surface area contributed by atoms with E-state index in [1.165, 1.54) is 28.8 Å². The monoisotopic (exact) mass is 430 g/mol. The molecule has 4 rings (SSSR count). The van der Waals surface area contributed by atoms with Gasteiger partial charge in [-0.15, -0.1) is 15.3 Å². The molecule has 10 heteroatoms. The van der Waals surface area contributed by atoms with Crippen LogP contribution >= 0.6 is 23.2 Å². The summed E-state index contributed by atoms with van der Waals surface area (Å²) >= 11 is 12.2. The fourth-order valence-electron chi connectivity index (χ4n) is 2.85. The number of anilines is 1. The van der Waals surface area contributed by atoms with E-state index in [0.717, 1.165) is 0 Å². The van der Waals surface area contributed by atoms with Crippen molar-refractivity contribution >= 4 is 40.6 Å². The first-order valence-electron chi connectivity index (χ1n) is 8.41. The molecule has 2 heterocycles. The SMILES string of the molecule is NC(=O)C(Nc1ccc2nnc(-c3cc(Cl)cc(Cl)c3)n2n1)c1ccc(F)cc1. The summed E-state index contributed by atoms with van der Waals surface area (Å²) in [4.78, 5) is 11.9. The average Bonchev–Trinajstić information content (AvgIpc) is 3.09. The van der Waals surface area contributed by atoms with Crippen LogP contribution in [0, 0.1) is 5.82 Å². The molecule has 0 aliphatic carbocycles. The summed E-state index contributed by atoms with van der Waals surface area (Å²) in [6.45, 7) is 0. The van der Waals surface area contributed by atoms with Gasteiger partial charge in [0.1, 0.15) is 17.7 Å². The summed E-state index contributed by atoms with van der Waals surface area (Å²) in [5.41, 5.74) is 7.14. The molecule has 0 aliphatic heterocycles. The third-order valence-corrected chi connectivity index (χ3v) is 4.60. The number of rotatable bonds is 5. The Bertz CT molecular complexity index is 1190. The molecule has 0 fully saturated rings. The van der Waals surface area contributed by atoms with Crippen molar-refractivity contribution in [2.24, 2.45) is 5.73 Å². The van der Waals surface area contributed by atoms with Crippen molar-refractivity contribution in [1.82, 2.24) is 19.8 Å². The van der Waals surface area contributed by atoms with Crippen molar-refractivity contribution in [3.63, 3.8) is 0 Å². The number of benzene rings is 2. The summed E-state index contributed by atoms with van der Waals surface area (Å²) in [5.74, 6) is -0.278. The van der Waals surface area contributed by atoms with Gasteiger partial charge in [-0.2, -0.15) is 4.52 Å². The van der Waals surface area contributed by atoms with Crippen LogP contribution in [0.25, 0.3) is 17.0 Å². The molecule has 0 bridgehead atoms. The van der Waals surface area contributed by atoms with Crippen LogP contribution in [-0.4, -0.2) is 25.7 Å². The van der Waals surface area contributed by atoms with E-state index in [-0.39, 0.29) is 0 Å². The van der Waals surface area contributed by atoms with Gasteiger partial charge in [0.05, 0.1) is 0 Å². The van der Waals surface area contributed by atoms with Gasteiger partial charge in [0.2, 0.25) is 5.91 Å². The number of aromatic nitrogens is 4. The van der Waals surface area contributed by atoms with Crippen molar-refractivity contribution in [1.29, 1.82) is 0 Å². The number of halogens is 3. The minimum absolute atomic E-state index is 0.347. The Hall–Kier alpha value is -3.23. The molecule has 7 nitrogen and oxygen atoms in total. The van der Waals surface area contributed by atoms with E-state index in [4.69, 9.17) is 28.9 Å². The third kappa shape index (κ3) is 3.98. The smallest absolute Gasteiger partial charge is 0.244 e. The largest absolute Gasteiger partial charge is 0.368 e. The molecule has 0 aliphatic rings. The number of primary amides is 1. The number of nitrogens with one attached hydrogen (secondary N) is 1. The zero-order valence-corrected chi connectivity index (χ0v) is 16.2. The highest BCUT2D eigenvalue weighted by Crippen LogP contribution is 2.27. The lowest BCUT2D eigenvalue weighted by molar-refractivity contribution is -0.118. The Morgan fingerprint density at radius 3 is 2.38 bits per heavy atom. The molecule has 1 unspecified atom stereocenters. The highest BCUT2D eigenvalue weighted by atomic mass is 35.5. The highest BCUT2D eigenvalue weighted by molar-refractivity contribution is 6.35. The molecule has 1 amide bonds. The number of hydrogen-bond donors (Lipinski definition) is 2. The van der Waals surface area contributed by atoms with Gasteiger partial charge in [-0.3, -0.25) is 4.79 Å². The van der Waals surface area contributed by atoms with E-state index in [9.17, 15) is 9.18 Å². The number of carbonyl (C=O) groups is 1. The predicted molar refractivity (Wildman–Crippen MR) is 108 cm³/mol. The third-order valence-electron chi connectivity index (χ3n) is 4.16. The standard InChI is InChI=1S/C19H13Cl2FN6O/c20-12-7-11(8-13(21)9-12)19-26-25-16-6-5-15(27-28(16)19)24-17(18(23)29)10-1-3-14(22)4-2-10/h1-9,17H,(H2,23,29)(H,24,27). The van der Waals surface area contributed by atoms with E-state index in [2.05, 4.69) is 20.6 Å². The molecule has 4 aromatic rings. The van der Waals surface area contributed by atoms with Gasteiger partial charge in [0, 0.05) is 15.6 Å². The number of amides is 1. The Morgan fingerprint density at radius 1 is 1.03 bits per heavy atom. The van der Waals surface area contributed by atoms with Crippen LogP contribution in [-0.2, 0) is 4.79 Å². The minimum atomic E-state index is -0.902. The van der Waals surface area contributed by atoms with Gasteiger partial charge in [0.25, 0.3) is 0 Å². The predicted octanol–water partition coefficient (Wildman–Crippen LogP) is 3.88. The normalized spacial score (nSPS) is 12.1. The van der Waals surface area contributed by atoms with Crippen molar-refractivity contribution < 1.29 is 9.18 Å². The van der Waals surface area contributed by atoms with Gasteiger partial charge < -0.3 is 11.1 Å². The Morgan fingerprint density at radius 2 is 1.72 bits per heavy atom. The second-order valence-corrected chi connectivity index (χ2v) is 7.07. The number of fused-ring (bicyclic) bond motifs is 1.